The van der Waals surface area contributed by atoms with Crippen LogP contribution in [0, 0.1) is 0 Å². The van der Waals surface area contributed by atoms with Crippen molar-refractivity contribution in [3.63, 3.8) is 0 Å². The van der Waals surface area contributed by atoms with Crippen LogP contribution in [0.5, 0.6) is 0 Å². The minimum Gasteiger partial charge on any atom is -0.443 e. The van der Waals surface area contributed by atoms with Gasteiger partial charge < -0.3 is 10.1 Å². The highest BCUT2D eigenvalue weighted by molar-refractivity contribution is 6.37. The molecule has 3 rings (SSSR count). The van der Waals surface area contributed by atoms with Gasteiger partial charge in [-0.15, -0.1) is 0 Å². The molecule has 2 aromatic carbocycles. The Balaban J connectivity index is 1.86. The number of nitrogens with zero attached hydrogens (tertiary/aromatic N) is 1. The van der Waals surface area contributed by atoms with E-state index in [9.17, 15) is 27.6 Å². The second kappa shape index (κ2) is 9.17. The minimum absolute atomic E-state index is 0.0211. The van der Waals surface area contributed by atoms with Crippen molar-refractivity contribution in [1.29, 1.82) is 0 Å². The molecule has 0 saturated heterocycles. The van der Waals surface area contributed by atoms with Gasteiger partial charge in [0.15, 0.2) is 0 Å². The molecular formula is C20H15ClF3N3O4. The maximum Gasteiger partial charge on any atom is 0.416 e. The largest absolute Gasteiger partial charge is 0.443 e. The predicted octanol–water partition coefficient (Wildman–Crippen LogP) is 3.85. The Bertz CT molecular complexity index is 1040. The molecule has 0 fully saturated rings. The van der Waals surface area contributed by atoms with Crippen LogP contribution < -0.4 is 10.7 Å². The first-order valence-electron chi connectivity index (χ1n) is 8.94. The van der Waals surface area contributed by atoms with Crippen molar-refractivity contribution in [1.82, 2.24) is 5.43 Å². The quantitative estimate of drug-likeness (QED) is 0.672. The number of hydrogen-bond acceptors (Lipinski definition) is 5. The number of carbonyl (C=O) groups excluding carboxylic acids is 3. The van der Waals surface area contributed by atoms with Crippen LogP contribution in [0.2, 0.25) is 5.02 Å². The third kappa shape index (κ3) is 5.60. The summed E-state index contributed by atoms with van der Waals surface area (Å²) in [6.45, 7) is 0. The highest BCUT2D eigenvalue weighted by atomic mass is 35.5. The first-order chi connectivity index (χ1) is 14.6. The molecule has 1 aliphatic heterocycles. The van der Waals surface area contributed by atoms with Gasteiger partial charge >= 0.3 is 12.1 Å². The van der Waals surface area contributed by atoms with Gasteiger partial charge in [-0.3, -0.25) is 9.59 Å². The number of carbonyl (C=O) groups is 3. The number of hydrogen-bond donors (Lipinski definition) is 2. The van der Waals surface area contributed by atoms with E-state index < -0.39 is 29.7 Å². The number of ether oxygens (including phenoxy) is 1. The van der Waals surface area contributed by atoms with Crippen molar-refractivity contribution < 1.29 is 32.3 Å². The summed E-state index contributed by atoms with van der Waals surface area (Å²) in [6.07, 6.45) is -6.10. The summed E-state index contributed by atoms with van der Waals surface area (Å²) < 4.78 is 44.3. The molecule has 1 atom stereocenters. The summed E-state index contributed by atoms with van der Waals surface area (Å²) in [5.41, 5.74) is 1.03. The van der Waals surface area contributed by atoms with Gasteiger partial charge in [-0.05, 0) is 18.2 Å². The van der Waals surface area contributed by atoms with Gasteiger partial charge in [0, 0.05) is 18.4 Å². The highest BCUT2D eigenvalue weighted by Crippen LogP contribution is 2.34. The molecule has 1 heterocycles. The maximum atomic E-state index is 13.0. The van der Waals surface area contributed by atoms with Gasteiger partial charge in [-0.2, -0.15) is 18.3 Å². The third-order valence-electron chi connectivity index (χ3n) is 4.26. The molecule has 11 heteroatoms. The third-order valence-corrected chi connectivity index (χ3v) is 4.59. The van der Waals surface area contributed by atoms with E-state index in [2.05, 4.69) is 15.8 Å². The number of amides is 2. The topological polar surface area (TPSA) is 96.9 Å². The smallest absolute Gasteiger partial charge is 0.416 e. The number of halogens is 4. The van der Waals surface area contributed by atoms with E-state index in [1.54, 1.807) is 18.2 Å². The summed E-state index contributed by atoms with van der Waals surface area (Å²) >= 11 is 5.93. The second-order valence-electron chi connectivity index (χ2n) is 6.47. The van der Waals surface area contributed by atoms with E-state index in [4.69, 9.17) is 16.3 Å². The standard InChI is InChI=1S/C20H15ClF3N3O4/c21-13-7-6-12(20(22,23)24)10-15(13)25-18(29)17(11-4-2-1-3-5-11)31-19(30)14-8-9-16(28)27-26-14/h1-7,10,17H,8-9H2,(H,25,29)(H,27,28)/t17-/m1/s1. The zero-order valence-corrected chi connectivity index (χ0v) is 16.5. The molecule has 0 bridgehead atoms. The number of benzene rings is 2. The average molecular weight is 454 g/mol. The van der Waals surface area contributed by atoms with Gasteiger partial charge in [0.1, 0.15) is 5.71 Å². The number of rotatable bonds is 5. The normalized spacial score (nSPS) is 14.8. The van der Waals surface area contributed by atoms with Gasteiger partial charge in [0.05, 0.1) is 16.3 Å². The molecule has 0 aromatic heterocycles. The SMILES string of the molecule is O=C1CCC(C(=O)O[C@@H](C(=O)Nc2cc(C(F)(F)F)ccc2Cl)c2ccccc2)=NN1. The molecule has 0 radical (unpaired) electrons. The molecule has 162 valence electrons. The Hall–Kier alpha value is -3.40. The van der Waals surface area contributed by atoms with Crippen LogP contribution in [0.3, 0.4) is 0 Å². The first-order valence-corrected chi connectivity index (χ1v) is 9.32. The Morgan fingerprint density at radius 3 is 2.45 bits per heavy atom. The number of esters is 1. The van der Waals surface area contributed by atoms with Crippen LogP contribution >= 0.6 is 11.6 Å². The van der Waals surface area contributed by atoms with Crippen LogP contribution in [-0.2, 0) is 25.3 Å². The van der Waals surface area contributed by atoms with Gasteiger partial charge in [-0.25, -0.2) is 10.2 Å². The minimum atomic E-state index is -4.64. The fourth-order valence-corrected chi connectivity index (χ4v) is 2.86. The van der Waals surface area contributed by atoms with E-state index >= 15 is 0 Å². The predicted molar refractivity (Wildman–Crippen MR) is 105 cm³/mol. The fraction of sp³-hybridized carbons (Fsp3) is 0.200. The van der Waals surface area contributed by atoms with Gasteiger partial charge in [-0.1, -0.05) is 41.9 Å². The summed E-state index contributed by atoms with van der Waals surface area (Å²) in [5.74, 6) is -2.23. The molecule has 2 N–H and O–H groups in total. The van der Waals surface area contributed by atoms with E-state index in [0.29, 0.717) is 6.07 Å². The molecule has 0 aliphatic carbocycles. The Morgan fingerprint density at radius 1 is 1.13 bits per heavy atom. The van der Waals surface area contributed by atoms with Crippen LogP contribution in [0.25, 0.3) is 0 Å². The van der Waals surface area contributed by atoms with Gasteiger partial charge in [0.2, 0.25) is 12.0 Å². The number of nitrogens with one attached hydrogen (secondary N) is 2. The lowest BCUT2D eigenvalue weighted by molar-refractivity contribution is -0.148. The summed E-state index contributed by atoms with van der Waals surface area (Å²) in [7, 11) is 0. The fourth-order valence-electron chi connectivity index (χ4n) is 2.69. The van der Waals surface area contributed by atoms with Crippen molar-refractivity contribution in [2.75, 3.05) is 5.32 Å². The van der Waals surface area contributed by atoms with Gasteiger partial charge in [0.25, 0.3) is 5.91 Å². The number of alkyl halides is 3. The van der Waals surface area contributed by atoms with Crippen molar-refractivity contribution in [3.8, 4) is 0 Å². The monoisotopic (exact) mass is 453 g/mol. The van der Waals surface area contributed by atoms with Crippen molar-refractivity contribution >= 4 is 40.8 Å². The highest BCUT2D eigenvalue weighted by Gasteiger charge is 2.32. The second-order valence-corrected chi connectivity index (χ2v) is 6.88. The molecule has 0 spiro atoms. The Morgan fingerprint density at radius 2 is 1.84 bits per heavy atom. The Labute approximate surface area is 179 Å². The first kappa shape index (κ1) is 22.3. The number of anilines is 1. The molecule has 1 aliphatic rings. The Kier molecular flexibility index (Phi) is 6.59. The van der Waals surface area contributed by atoms with Crippen molar-refractivity contribution in [2.45, 2.75) is 25.1 Å². The van der Waals surface area contributed by atoms with Crippen molar-refractivity contribution in [2.24, 2.45) is 5.10 Å². The zero-order chi connectivity index (χ0) is 22.6. The van der Waals surface area contributed by atoms with E-state index in [1.165, 1.54) is 12.1 Å². The summed E-state index contributed by atoms with van der Waals surface area (Å²) in [4.78, 5) is 36.5. The van der Waals surface area contributed by atoms with Crippen LogP contribution in [0.15, 0.2) is 53.6 Å². The van der Waals surface area contributed by atoms with Crippen molar-refractivity contribution in [3.05, 3.63) is 64.7 Å². The van der Waals surface area contributed by atoms with Crippen LogP contribution in [0.4, 0.5) is 18.9 Å². The number of hydrazone groups is 1. The molecular weight excluding hydrogens is 439 g/mol. The lowest BCUT2D eigenvalue weighted by Crippen LogP contribution is -2.33. The zero-order valence-electron chi connectivity index (χ0n) is 15.7. The lowest BCUT2D eigenvalue weighted by Gasteiger charge is -2.20. The molecule has 0 unspecified atom stereocenters. The van der Waals surface area contributed by atoms with E-state index in [0.717, 1.165) is 12.1 Å². The molecule has 2 aromatic rings. The lowest BCUT2D eigenvalue weighted by atomic mass is 10.1. The summed E-state index contributed by atoms with van der Waals surface area (Å²) in [6, 6.07) is 10.4. The maximum absolute atomic E-state index is 13.0. The average Bonchev–Trinajstić information content (AvgIpc) is 2.73. The molecule has 31 heavy (non-hydrogen) atoms. The van der Waals surface area contributed by atoms with E-state index in [-0.39, 0.29) is 40.7 Å². The van der Waals surface area contributed by atoms with E-state index in [1.807, 2.05) is 0 Å². The molecule has 2 amide bonds. The molecule has 7 nitrogen and oxygen atoms in total. The molecule has 0 saturated carbocycles. The summed E-state index contributed by atoms with van der Waals surface area (Å²) in [5, 5.41) is 5.77. The van der Waals surface area contributed by atoms with Crippen LogP contribution in [0.1, 0.15) is 30.1 Å². The van der Waals surface area contributed by atoms with Crippen LogP contribution in [-0.4, -0.2) is 23.5 Å².